The number of furan rings is 1. The van der Waals surface area contributed by atoms with Gasteiger partial charge in [0.05, 0.1) is 11.0 Å². The van der Waals surface area contributed by atoms with Crippen molar-refractivity contribution in [3.05, 3.63) is 182 Å². The number of rotatable bonds is 5. The molecule has 0 aliphatic heterocycles. The Morgan fingerprint density at radius 1 is 0.386 bits per heavy atom. The molecule has 12 aromatic rings. The van der Waals surface area contributed by atoms with Crippen LogP contribution in [0.4, 0.5) is 0 Å². The van der Waals surface area contributed by atoms with Gasteiger partial charge in [-0.3, -0.25) is 0 Å². The molecule has 0 spiro atoms. The van der Waals surface area contributed by atoms with Gasteiger partial charge in [0.25, 0.3) is 0 Å². The zero-order valence-corrected chi connectivity index (χ0v) is 31.2. The summed E-state index contributed by atoms with van der Waals surface area (Å²) in [6.07, 6.45) is 0. The van der Waals surface area contributed by atoms with Crippen molar-refractivity contribution in [3.8, 4) is 51.0 Å². The van der Waals surface area contributed by atoms with Crippen molar-refractivity contribution in [1.82, 2.24) is 19.5 Å². The lowest BCUT2D eigenvalue weighted by Crippen LogP contribution is -2.00. The number of fused-ring (bicyclic) bond motifs is 10. The first kappa shape index (κ1) is 31.9. The highest BCUT2D eigenvalue weighted by atomic mass is 32.1. The second-order valence-corrected chi connectivity index (χ2v) is 15.5. The van der Waals surface area contributed by atoms with E-state index in [2.05, 4.69) is 180 Å². The third-order valence-corrected chi connectivity index (χ3v) is 12.2. The van der Waals surface area contributed by atoms with Crippen molar-refractivity contribution >= 4 is 75.3 Å². The molecule has 0 saturated heterocycles. The van der Waals surface area contributed by atoms with Crippen LogP contribution in [-0.2, 0) is 0 Å². The molecule has 0 aliphatic rings. The van der Waals surface area contributed by atoms with E-state index in [0.29, 0.717) is 17.5 Å². The second-order valence-electron chi connectivity index (χ2n) is 14.4. The summed E-state index contributed by atoms with van der Waals surface area (Å²) in [4.78, 5) is 15.5. The Hall–Kier alpha value is -7.41. The van der Waals surface area contributed by atoms with Crippen LogP contribution in [0.3, 0.4) is 0 Å². The van der Waals surface area contributed by atoms with E-state index in [-0.39, 0.29) is 0 Å². The highest BCUT2D eigenvalue weighted by Gasteiger charge is 2.20. The first-order chi connectivity index (χ1) is 28.2. The first-order valence-electron chi connectivity index (χ1n) is 19.0. The molecular weight excluding hydrogens is 717 g/mol. The quantitative estimate of drug-likeness (QED) is 0.176. The number of benzene rings is 8. The lowest BCUT2D eigenvalue weighted by molar-refractivity contribution is 0.671. The standard InChI is InChI=1S/C51H30N4OS/c1-3-12-31(13-4-1)32-14-11-15-33(28-32)49-52-50(54-51(53-49)35-23-27-46-42(30-35)38-19-8-10-21-45(38)57-46)34-22-26-44-41(29-34)40-25-24-39-37-18-7-9-20-43(37)55(47(39)48(40)56-44)36-16-5-2-6-17-36/h1-30H. The average molecular weight is 747 g/mol. The Morgan fingerprint density at radius 2 is 0.982 bits per heavy atom. The highest BCUT2D eigenvalue weighted by Crippen LogP contribution is 2.42. The zero-order valence-electron chi connectivity index (χ0n) is 30.4. The average Bonchev–Trinajstić information content (AvgIpc) is 3.96. The third kappa shape index (κ3) is 5.12. The van der Waals surface area contributed by atoms with Crippen molar-refractivity contribution in [1.29, 1.82) is 0 Å². The number of nitrogens with zero attached hydrogens (tertiary/aromatic N) is 4. The summed E-state index contributed by atoms with van der Waals surface area (Å²) in [5, 5.41) is 6.83. The van der Waals surface area contributed by atoms with Gasteiger partial charge in [-0.05, 0) is 83.9 Å². The van der Waals surface area contributed by atoms with Crippen LogP contribution >= 0.6 is 11.3 Å². The Kier molecular flexibility index (Phi) is 7.03. The van der Waals surface area contributed by atoms with E-state index in [1.54, 1.807) is 11.3 Å². The van der Waals surface area contributed by atoms with Gasteiger partial charge < -0.3 is 8.98 Å². The Morgan fingerprint density at radius 3 is 1.79 bits per heavy atom. The van der Waals surface area contributed by atoms with E-state index < -0.39 is 0 Å². The molecule has 0 N–H and O–H groups in total. The number of hydrogen-bond donors (Lipinski definition) is 0. The number of thiophene rings is 1. The van der Waals surface area contributed by atoms with E-state index in [4.69, 9.17) is 19.4 Å². The first-order valence-corrected chi connectivity index (χ1v) is 19.8. The maximum atomic E-state index is 6.78. The van der Waals surface area contributed by atoms with Crippen LogP contribution in [0.1, 0.15) is 0 Å². The predicted octanol–water partition coefficient (Wildman–Crippen LogP) is 13.9. The Balaban J connectivity index is 1.07. The van der Waals surface area contributed by atoms with Gasteiger partial charge in [-0.2, -0.15) is 0 Å². The minimum absolute atomic E-state index is 0.603. The maximum Gasteiger partial charge on any atom is 0.164 e. The summed E-state index contributed by atoms with van der Waals surface area (Å²) in [6.45, 7) is 0. The Labute approximate surface area is 330 Å². The van der Waals surface area contributed by atoms with Crippen molar-refractivity contribution < 1.29 is 4.42 Å². The minimum atomic E-state index is 0.603. The molecule has 12 rings (SSSR count). The number of hydrogen-bond acceptors (Lipinski definition) is 5. The molecule has 0 bridgehead atoms. The molecule has 4 heterocycles. The van der Waals surface area contributed by atoms with Gasteiger partial charge in [0.1, 0.15) is 5.58 Å². The summed E-state index contributed by atoms with van der Waals surface area (Å²) in [5.74, 6) is 1.85. The monoisotopic (exact) mass is 746 g/mol. The van der Waals surface area contributed by atoms with Crippen LogP contribution in [0.2, 0.25) is 0 Å². The van der Waals surface area contributed by atoms with Crippen molar-refractivity contribution in [2.24, 2.45) is 0 Å². The summed E-state index contributed by atoms with van der Waals surface area (Å²) in [5.41, 5.74) is 9.95. The fourth-order valence-electron chi connectivity index (χ4n) is 8.36. The summed E-state index contributed by atoms with van der Waals surface area (Å²) in [6, 6.07) is 63.7. The molecule has 0 aliphatic carbocycles. The highest BCUT2D eigenvalue weighted by molar-refractivity contribution is 7.25. The number of aromatic nitrogens is 4. The maximum absolute atomic E-state index is 6.78. The third-order valence-electron chi connectivity index (χ3n) is 11.0. The molecule has 8 aromatic carbocycles. The van der Waals surface area contributed by atoms with Crippen LogP contribution in [0.15, 0.2) is 186 Å². The SMILES string of the molecule is c1ccc(-c2cccc(-c3nc(-c4ccc5oc6c(ccc7c8ccccc8n(-c8ccccc8)c76)c5c4)nc(-c4ccc5sc6ccccc6c5c4)n3)c2)cc1. The smallest absolute Gasteiger partial charge is 0.164 e. The van der Waals surface area contributed by atoms with Gasteiger partial charge in [-0.25, -0.2) is 15.0 Å². The van der Waals surface area contributed by atoms with E-state index in [0.717, 1.165) is 71.9 Å². The van der Waals surface area contributed by atoms with E-state index in [1.165, 1.54) is 25.6 Å². The second kappa shape index (κ2) is 12.6. The molecular formula is C51H30N4OS. The van der Waals surface area contributed by atoms with E-state index >= 15 is 0 Å². The van der Waals surface area contributed by atoms with E-state index in [1.807, 2.05) is 6.07 Å². The van der Waals surface area contributed by atoms with Gasteiger partial charge in [0, 0.05) is 64.1 Å². The molecule has 4 aromatic heterocycles. The largest absolute Gasteiger partial charge is 0.454 e. The van der Waals surface area contributed by atoms with Crippen molar-refractivity contribution in [3.63, 3.8) is 0 Å². The summed E-state index contributed by atoms with van der Waals surface area (Å²) >= 11 is 1.81. The van der Waals surface area contributed by atoms with Crippen LogP contribution in [0.25, 0.3) is 115 Å². The molecule has 0 atom stereocenters. The fraction of sp³-hybridized carbons (Fsp3) is 0. The summed E-state index contributed by atoms with van der Waals surface area (Å²) < 4.78 is 11.6. The predicted molar refractivity (Wildman–Crippen MR) is 236 cm³/mol. The topological polar surface area (TPSA) is 56.7 Å². The van der Waals surface area contributed by atoms with Gasteiger partial charge in [0.15, 0.2) is 23.1 Å². The van der Waals surface area contributed by atoms with E-state index in [9.17, 15) is 0 Å². The molecule has 5 nitrogen and oxygen atoms in total. The molecule has 0 fully saturated rings. The van der Waals surface area contributed by atoms with Gasteiger partial charge in [-0.15, -0.1) is 11.3 Å². The normalized spacial score (nSPS) is 11.9. The molecule has 266 valence electrons. The van der Waals surface area contributed by atoms with Crippen LogP contribution < -0.4 is 0 Å². The van der Waals surface area contributed by atoms with Crippen LogP contribution in [0, 0.1) is 0 Å². The lowest BCUT2D eigenvalue weighted by Gasteiger charge is -2.10. The Bertz CT molecular complexity index is 3530. The van der Waals surface area contributed by atoms with Crippen LogP contribution in [-0.4, -0.2) is 19.5 Å². The van der Waals surface area contributed by atoms with Gasteiger partial charge in [-0.1, -0.05) is 109 Å². The molecule has 0 saturated carbocycles. The molecule has 0 radical (unpaired) electrons. The lowest BCUT2D eigenvalue weighted by atomic mass is 10.0. The molecule has 6 heteroatoms. The zero-order chi connectivity index (χ0) is 37.5. The minimum Gasteiger partial charge on any atom is -0.454 e. The van der Waals surface area contributed by atoms with Gasteiger partial charge >= 0.3 is 0 Å². The van der Waals surface area contributed by atoms with Crippen molar-refractivity contribution in [2.75, 3.05) is 0 Å². The fourth-order valence-corrected chi connectivity index (χ4v) is 9.45. The van der Waals surface area contributed by atoms with Crippen molar-refractivity contribution in [2.45, 2.75) is 0 Å². The molecule has 0 amide bonds. The number of para-hydroxylation sites is 2. The van der Waals surface area contributed by atoms with Crippen LogP contribution in [0.5, 0.6) is 0 Å². The molecule has 0 unspecified atom stereocenters. The summed E-state index contributed by atoms with van der Waals surface area (Å²) in [7, 11) is 0. The van der Waals surface area contributed by atoms with Gasteiger partial charge in [0.2, 0.25) is 0 Å². The molecule has 57 heavy (non-hydrogen) atoms.